The monoisotopic (exact) mass is 187 g/mol. The molecule has 1 saturated heterocycles. The van der Waals surface area contributed by atoms with Gasteiger partial charge in [-0.1, -0.05) is 0 Å². The van der Waals surface area contributed by atoms with Gasteiger partial charge in [-0.05, 0) is 33.2 Å². The molecule has 0 aromatic heterocycles. The highest BCUT2D eigenvalue weighted by atomic mass is 16.5. The molecule has 0 bridgehead atoms. The number of rotatable bonds is 5. The lowest BCUT2D eigenvalue weighted by atomic mass is 10.0. The van der Waals surface area contributed by atoms with Crippen LogP contribution in [-0.4, -0.2) is 39.0 Å². The second kappa shape index (κ2) is 6.35. The van der Waals surface area contributed by atoms with Crippen molar-refractivity contribution in [2.24, 2.45) is 0 Å². The van der Waals surface area contributed by atoms with E-state index in [-0.39, 0.29) is 0 Å². The van der Waals surface area contributed by atoms with Crippen molar-refractivity contribution in [1.82, 2.24) is 5.32 Å². The van der Waals surface area contributed by atoms with E-state index in [4.69, 9.17) is 9.47 Å². The number of ether oxygens (including phenoxy) is 2. The summed E-state index contributed by atoms with van der Waals surface area (Å²) in [5, 5.41) is 3.26. The summed E-state index contributed by atoms with van der Waals surface area (Å²) in [7, 11) is 1.97. The van der Waals surface area contributed by atoms with E-state index in [1.54, 1.807) is 0 Å². The third-order valence-corrected chi connectivity index (χ3v) is 2.54. The van der Waals surface area contributed by atoms with Crippen molar-refractivity contribution in [3.63, 3.8) is 0 Å². The Labute approximate surface area is 80.8 Å². The minimum Gasteiger partial charge on any atom is -0.380 e. The van der Waals surface area contributed by atoms with Crippen molar-refractivity contribution < 1.29 is 9.47 Å². The molecule has 1 heterocycles. The molecule has 13 heavy (non-hydrogen) atoms. The normalized spacial score (nSPS) is 25.8. The van der Waals surface area contributed by atoms with Crippen LogP contribution in [0, 0.1) is 0 Å². The van der Waals surface area contributed by atoms with Gasteiger partial charge in [0.15, 0.2) is 0 Å². The molecule has 1 N–H and O–H groups in total. The molecule has 0 aliphatic carbocycles. The summed E-state index contributed by atoms with van der Waals surface area (Å²) < 4.78 is 11.1. The van der Waals surface area contributed by atoms with Gasteiger partial charge in [0.2, 0.25) is 0 Å². The first kappa shape index (κ1) is 11.0. The summed E-state index contributed by atoms with van der Waals surface area (Å²) >= 11 is 0. The van der Waals surface area contributed by atoms with Crippen LogP contribution in [0.4, 0.5) is 0 Å². The Morgan fingerprint density at radius 3 is 2.92 bits per heavy atom. The third-order valence-electron chi connectivity index (χ3n) is 2.54. The SMILES string of the molecule is CCOCC(NC)C1CCCCO1. The van der Waals surface area contributed by atoms with Crippen LogP contribution in [0.3, 0.4) is 0 Å². The molecular formula is C10H21NO2. The van der Waals surface area contributed by atoms with Crippen LogP contribution in [0.1, 0.15) is 26.2 Å². The van der Waals surface area contributed by atoms with Crippen LogP contribution in [-0.2, 0) is 9.47 Å². The minimum atomic E-state index is 0.352. The van der Waals surface area contributed by atoms with Gasteiger partial charge in [-0.3, -0.25) is 0 Å². The fourth-order valence-electron chi connectivity index (χ4n) is 1.70. The van der Waals surface area contributed by atoms with Crippen molar-refractivity contribution in [3.8, 4) is 0 Å². The maximum Gasteiger partial charge on any atom is 0.0750 e. The van der Waals surface area contributed by atoms with Gasteiger partial charge in [0.05, 0.1) is 18.8 Å². The van der Waals surface area contributed by atoms with Gasteiger partial charge in [0.25, 0.3) is 0 Å². The van der Waals surface area contributed by atoms with Crippen molar-refractivity contribution in [3.05, 3.63) is 0 Å². The molecule has 1 fully saturated rings. The molecule has 1 aliphatic heterocycles. The van der Waals surface area contributed by atoms with Gasteiger partial charge in [0.1, 0.15) is 0 Å². The Morgan fingerprint density at radius 1 is 1.54 bits per heavy atom. The van der Waals surface area contributed by atoms with Gasteiger partial charge in [-0.25, -0.2) is 0 Å². The topological polar surface area (TPSA) is 30.5 Å². The van der Waals surface area contributed by atoms with Crippen LogP contribution in [0.5, 0.6) is 0 Å². The van der Waals surface area contributed by atoms with Crippen LogP contribution in [0.15, 0.2) is 0 Å². The zero-order valence-corrected chi connectivity index (χ0v) is 8.71. The molecule has 2 atom stereocenters. The Bertz CT molecular complexity index is 124. The van der Waals surface area contributed by atoms with Crippen molar-refractivity contribution in [2.75, 3.05) is 26.9 Å². The summed E-state index contributed by atoms with van der Waals surface area (Å²) in [6.07, 6.45) is 4.01. The first-order valence-electron chi connectivity index (χ1n) is 5.25. The van der Waals surface area contributed by atoms with Gasteiger partial charge in [-0.15, -0.1) is 0 Å². The van der Waals surface area contributed by atoms with Gasteiger partial charge < -0.3 is 14.8 Å². The van der Waals surface area contributed by atoms with E-state index < -0.39 is 0 Å². The summed E-state index contributed by atoms with van der Waals surface area (Å²) in [4.78, 5) is 0. The standard InChI is InChI=1S/C10H21NO2/c1-3-12-8-9(11-2)10-6-4-5-7-13-10/h9-11H,3-8H2,1-2H3. The number of nitrogens with one attached hydrogen (secondary N) is 1. The van der Waals surface area contributed by atoms with Crippen molar-refractivity contribution in [1.29, 1.82) is 0 Å². The molecule has 78 valence electrons. The van der Waals surface area contributed by atoms with E-state index in [0.29, 0.717) is 12.1 Å². The maximum absolute atomic E-state index is 5.69. The molecule has 0 spiro atoms. The number of likely N-dealkylation sites (N-methyl/N-ethyl adjacent to an activating group) is 1. The third kappa shape index (κ3) is 3.63. The fraction of sp³-hybridized carbons (Fsp3) is 1.00. The largest absolute Gasteiger partial charge is 0.380 e. The summed E-state index contributed by atoms with van der Waals surface area (Å²) in [6, 6.07) is 0.361. The first-order valence-corrected chi connectivity index (χ1v) is 5.25. The molecule has 3 nitrogen and oxygen atoms in total. The number of hydrogen-bond donors (Lipinski definition) is 1. The zero-order chi connectivity index (χ0) is 9.52. The predicted octanol–water partition coefficient (Wildman–Crippen LogP) is 1.18. The van der Waals surface area contributed by atoms with E-state index in [1.165, 1.54) is 19.3 Å². The highest BCUT2D eigenvalue weighted by Crippen LogP contribution is 2.15. The van der Waals surface area contributed by atoms with Gasteiger partial charge >= 0.3 is 0 Å². The van der Waals surface area contributed by atoms with Crippen LogP contribution in [0.25, 0.3) is 0 Å². The average molecular weight is 187 g/mol. The minimum absolute atomic E-state index is 0.352. The molecule has 0 saturated carbocycles. The lowest BCUT2D eigenvalue weighted by Crippen LogP contribution is -2.44. The lowest BCUT2D eigenvalue weighted by molar-refractivity contribution is -0.0275. The molecule has 0 aromatic rings. The summed E-state index contributed by atoms with van der Waals surface area (Å²) in [5.74, 6) is 0. The first-order chi connectivity index (χ1) is 6.38. The van der Waals surface area contributed by atoms with Crippen LogP contribution in [0.2, 0.25) is 0 Å². The second-order valence-corrected chi connectivity index (χ2v) is 3.46. The highest BCUT2D eigenvalue weighted by molar-refractivity contribution is 4.77. The van der Waals surface area contributed by atoms with Crippen molar-refractivity contribution >= 4 is 0 Å². The molecule has 0 aromatic carbocycles. The Morgan fingerprint density at radius 2 is 2.38 bits per heavy atom. The molecule has 1 rings (SSSR count). The van der Waals surface area contributed by atoms with Crippen molar-refractivity contribution in [2.45, 2.75) is 38.3 Å². The smallest absolute Gasteiger partial charge is 0.0750 e. The second-order valence-electron chi connectivity index (χ2n) is 3.46. The fourth-order valence-corrected chi connectivity index (χ4v) is 1.70. The van der Waals surface area contributed by atoms with Crippen LogP contribution < -0.4 is 5.32 Å². The van der Waals surface area contributed by atoms with E-state index in [2.05, 4.69) is 5.32 Å². The summed E-state index contributed by atoms with van der Waals surface area (Å²) in [5.41, 5.74) is 0. The van der Waals surface area contributed by atoms with Crippen LogP contribution >= 0.6 is 0 Å². The predicted molar refractivity (Wildman–Crippen MR) is 52.9 cm³/mol. The lowest BCUT2D eigenvalue weighted by Gasteiger charge is -2.29. The molecule has 2 unspecified atom stereocenters. The molecule has 0 radical (unpaired) electrons. The quantitative estimate of drug-likeness (QED) is 0.701. The summed E-state index contributed by atoms with van der Waals surface area (Å²) in [6.45, 7) is 4.48. The van der Waals surface area contributed by atoms with Gasteiger partial charge in [-0.2, -0.15) is 0 Å². The molecule has 3 heteroatoms. The highest BCUT2D eigenvalue weighted by Gasteiger charge is 2.22. The Kier molecular flexibility index (Phi) is 5.35. The van der Waals surface area contributed by atoms with E-state index in [9.17, 15) is 0 Å². The maximum atomic E-state index is 5.69. The van der Waals surface area contributed by atoms with E-state index in [1.807, 2.05) is 14.0 Å². The Hall–Kier alpha value is -0.120. The molecule has 1 aliphatic rings. The molecule has 0 amide bonds. The average Bonchev–Trinajstić information content (AvgIpc) is 2.21. The molecular weight excluding hydrogens is 166 g/mol. The van der Waals surface area contributed by atoms with Gasteiger partial charge in [0, 0.05) is 13.2 Å². The van der Waals surface area contributed by atoms with E-state index >= 15 is 0 Å². The zero-order valence-electron chi connectivity index (χ0n) is 8.71. The number of hydrogen-bond acceptors (Lipinski definition) is 3. The Balaban J connectivity index is 2.26. The van der Waals surface area contributed by atoms with E-state index in [0.717, 1.165) is 19.8 Å².